The fraction of sp³-hybridized carbons (Fsp3) is 0.286. The summed E-state index contributed by atoms with van der Waals surface area (Å²) in [7, 11) is -3.40. The van der Waals surface area contributed by atoms with Gasteiger partial charge in [-0.2, -0.15) is 13.7 Å². The Balaban J connectivity index is 1.92. The highest BCUT2D eigenvalue weighted by Crippen LogP contribution is 2.09. The summed E-state index contributed by atoms with van der Waals surface area (Å²) in [5, 5.41) is 8.74. The van der Waals surface area contributed by atoms with Gasteiger partial charge in [-0.3, -0.25) is 4.18 Å². The summed E-state index contributed by atoms with van der Waals surface area (Å²) >= 11 is 0. The maximum absolute atomic E-state index is 10.8. The number of aromatic amines is 1. The minimum Gasteiger partial charge on any atom is -0.346 e. The second-order valence-electron chi connectivity index (χ2n) is 4.62. The quantitative estimate of drug-likeness (QED) is 0.814. The smallest absolute Gasteiger partial charge is 0.264 e. The third-order valence-corrected chi connectivity index (χ3v) is 3.40. The van der Waals surface area contributed by atoms with Gasteiger partial charge in [-0.1, -0.05) is 12.1 Å². The van der Waals surface area contributed by atoms with E-state index in [4.69, 9.17) is 5.26 Å². The van der Waals surface area contributed by atoms with E-state index < -0.39 is 10.1 Å². The van der Waals surface area contributed by atoms with Crippen LogP contribution in [0.5, 0.6) is 0 Å². The van der Waals surface area contributed by atoms with Crippen molar-refractivity contribution >= 4 is 10.1 Å². The van der Waals surface area contributed by atoms with Crippen LogP contribution in [0.15, 0.2) is 30.5 Å². The molecule has 7 heteroatoms. The number of rotatable bonds is 6. The van der Waals surface area contributed by atoms with Crippen LogP contribution in [0.4, 0.5) is 0 Å². The molecule has 0 spiro atoms. The molecule has 0 fully saturated rings. The Kier molecular flexibility index (Phi) is 4.73. The lowest BCUT2D eigenvalue weighted by molar-refractivity contribution is 0.325. The Morgan fingerprint density at radius 1 is 1.33 bits per heavy atom. The molecule has 1 heterocycles. The highest BCUT2D eigenvalue weighted by molar-refractivity contribution is 7.85. The first-order chi connectivity index (χ1) is 9.96. The predicted octanol–water partition coefficient (Wildman–Crippen LogP) is 1.39. The Hall–Kier alpha value is -2.17. The van der Waals surface area contributed by atoms with Crippen LogP contribution in [-0.2, 0) is 27.1 Å². The van der Waals surface area contributed by atoms with Gasteiger partial charge in [0.1, 0.15) is 5.82 Å². The van der Waals surface area contributed by atoms with Crippen molar-refractivity contribution in [1.82, 2.24) is 9.97 Å². The standard InChI is InChI=1S/C14H15N3O3S/c1-21(18,19)20-7-6-13-10-16-14(17-13)8-11-2-4-12(9-15)5-3-11/h2-5,10H,6-8H2,1H3,(H,16,17). The van der Waals surface area contributed by atoms with E-state index in [0.29, 0.717) is 18.4 Å². The van der Waals surface area contributed by atoms with Crippen LogP contribution in [0, 0.1) is 11.3 Å². The van der Waals surface area contributed by atoms with Gasteiger partial charge in [0.2, 0.25) is 0 Å². The minimum atomic E-state index is -3.40. The molecule has 0 unspecified atom stereocenters. The number of nitrogens with one attached hydrogen (secondary N) is 1. The van der Waals surface area contributed by atoms with Gasteiger partial charge in [0.05, 0.1) is 24.5 Å². The van der Waals surface area contributed by atoms with Gasteiger partial charge < -0.3 is 4.98 Å². The molecule has 1 N–H and O–H groups in total. The monoisotopic (exact) mass is 305 g/mol. The third kappa shape index (κ3) is 5.02. The molecule has 0 saturated carbocycles. The van der Waals surface area contributed by atoms with Crippen molar-refractivity contribution in [1.29, 1.82) is 5.26 Å². The molecule has 0 radical (unpaired) electrons. The summed E-state index contributed by atoms with van der Waals surface area (Å²) in [5.74, 6) is 0.786. The Bertz CT molecular complexity index is 743. The predicted molar refractivity (Wildman–Crippen MR) is 77.1 cm³/mol. The zero-order valence-electron chi connectivity index (χ0n) is 11.5. The van der Waals surface area contributed by atoms with Crippen molar-refractivity contribution in [2.45, 2.75) is 12.8 Å². The highest BCUT2D eigenvalue weighted by atomic mass is 32.2. The van der Waals surface area contributed by atoms with E-state index in [0.717, 1.165) is 23.3 Å². The van der Waals surface area contributed by atoms with E-state index in [1.54, 1.807) is 18.3 Å². The molecule has 21 heavy (non-hydrogen) atoms. The molecule has 0 aliphatic heterocycles. The van der Waals surface area contributed by atoms with Crippen molar-refractivity contribution in [3.05, 3.63) is 53.1 Å². The van der Waals surface area contributed by atoms with Gasteiger partial charge in [0, 0.05) is 24.7 Å². The molecule has 2 rings (SSSR count). The highest BCUT2D eigenvalue weighted by Gasteiger charge is 2.05. The normalized spacial score (nSPS) is 11.2. The molecule has 0 amide bonds. The Morgan fingerprint density at radius 2 is 2.05 bits per heavy atom. The number of hydrogen-bond acceptors (Lipinski definition) is 5. The Morgan fingerprint density at radius 3 is 2.67 bits per heavy atom. The average Bonchev–Trinajstić information content (AvgIpc) is 2.86. The number of nitrogens with zero attached hydrogens (tertiary/aromatic N) is 2. The maximum atomic E-state index is 10.8. The van der Waals surface area contributed by atoms with Crippen LogP contribution in [0.25, 0.3) is 0 Å². The molecule has 0 aliphatic carbocycles. The van der Waals surface area contributed by atoms with Crippen LogP contribution in [0.1, 0.15) is 22.6 Å². The zero-order valence-corrected chi connectivity index (χ0v) is 12.4. The lowest BCUT2D eigenvalue weighted by Crippen LogP contribution is -2.06. The molecular weight excluding hydrogens is 290 g/mol. The van der Waals surface area contributed by atoms with Gasteiger partial charge in [-0.25, -0.2) is 4.98 Å². The summed E-state index contributed by atoms with van der Waals surface area (Å²) in [4.78, 5) is 7.37. The maximum Gasteiger partial charge on any atom is 0.264 e. The Labute approximate surface area is 123 Å². The van der Waals surface area contributed by atoms with Crippen molar-refractivity contribution in [3.63, 3.8) is 0 Å². The van der Waals surface area contributed by atoms with Crippen LogP contribution in [0.2, 0.25) is 0 Å². The summed E-state index contributed by atoms with van der Waals surface area (Å²) in [6.07, 6.45) is 3.77. The van der Waals surface area contributed by atoms with Crippen molar-refractivity contribution in [2.75, 3.05) is 12.9 Å². The zero-order chi connectivity index (χ0) is 15.3. The van der Waals surface area contributed by atoms with Crippen molar-refractivity contribution in [2.24, 2.45) is 0 Å². The molecular formula is C14H15N3O3S. The van der Waals surface area contributed by atoms with E-state index in [1.807, 2.05) is 12.1 Å². The molecule has 1 aromatic heterocycles. The van der Waals surface area contributed by atoms with Crippen LogP contribution in [0.3, 0.4) is 0 Å². The number of hydrogen-bond donors (Lipinski definition) is 1. The summed E-state index contributed by atoms with van der Waals surface area (Å²) in [5.41, 5.74) is 2.49. The molecule has 0 saturated heterocycles. The number of aromatic nitrogens is 2. The number of imidazole rings is 1. The van der Waals surface area contributed by atoms with Crippen LogP contribution >= 0.6 is 0 Å². The first-order valence-corrected chi connectivity index (χ1v) is 8.14. The molecule has 1 aromatic carbocycles. The van der Waals surface area contributed by atoms with Crippen LogP contribution < -0.4 is 0 Å². The van der Waals surface area contributed by atoms with E-state index in [2.05, 4.69) is 20.2 Å². The van der Waals surface area contributed by atoms with Gasteiger partial charge in [0.25, 0.3) is 10.1 Å². The molecule has 110 valence electrons. The average molecular weight is 305 g/mol. The van der Waals surface area contributed by atoms with E-state index in [9.17, 15) is 8.42 Å². The number of benzene rings is 1. The lowest BCUT2D eigenvalue weighted by Gasteiger charge is -2.00. The second kappa shape index (κ2) is 6.52. The van der Waals surface area contributed by atoms with Gasteiger partial charge >= 0.3 is 0 Å². The molecule has 6 nitrogen and oxygen atoms in total. The largest absolute Gasteiger partial charge is 0.346 e. The minimum absolute atomic E-state index is 0.0946. The summed E-state index contributed by atoms with van der Waals surface area (Å²) in [6, 6.07) is 9.36. The summed E-state index contributed by atoms with van der Waals surface area (Å²) < 4.78 is 26.4. The molecule has 0 atom stereocenters. The third-order valence-electron chi connectivity index (χ3n) is 2.80. The van der Waals surface area contributed by atoms with E-state index in [-0.39, 0.29) is 6.61 Å². The van der Waals surface area contributed by atoms with Gasteiger partial charge in [0.15, 0.2) is 0 Å². The van der Waals surface area contributed by atoms with Crippen molar-refractivity contribution in [3.8, 4) is 6.07 Å². The first-order valence-electron chi connectivity index (χ1n) is 6.32. The van der Waals surface area contributed by atoms with E-state index >= 15 is 0 Å². The summed E-state index contributed by atoms with van der Waals surface area (Å²) in [6.45, 7) is 0.0946. The second-order valence-corrected chi connectivity index (χ2v) is 6.26. The van der Waals surface area contributed by atoms with Gasteiger partial charge in [-0.15, -0.1) is 0 Å². The molecule has 0 bridgehead atoms. The first kappa shape index (κ1) is 15.2. The molecule has 2 aromatic rings. The fourth-order valence-electron chi connectivity index (χ4n) is 1.82. The van der Waals surface area contributed by atoms with Crippen LogP contribution in [-0.4, -0.2) is 31.2 Å². The van der Waals surface area contributed by atoms with Gasteiger partial charge in [-0.05, 0) is 17.7 Å². The molecule has 0 aliphatic rings. The topological polar surface area (TPSA) is 95.8 Å². The lowest BCUT2D eigenvalue weighted by atomic mass is 10.1. The SMILES string of the molecule is CS(=O)(=O)OCCc1cnc(Cc2ccc(C#N)cc2)[nH]1. The van der Waals surface area contributed by atoms with E-state index in [1.165, 1.54) is 0 Å². The fourth-order valence-corrected chi connectivity index (χ4v) is 2.20. The van der Waals surface area contributed by atoms with Crippen molar-refractivity contribution < 1.29 is 12.6 Å². The number of nitriles is 1. The number of H-pyrrole nitrogens is 1.